The summed E-state index contributed by atoms with van der Waals surface area (Å²) in [6.07, 6.45) is -0.382. The van der Waals surface area contributed by atoms with Gasteiger partial charge in [-0.1, -0.05) is 11.6 Å². The molecule has 0 saturated heterocycles. The van der Waals surface area contributed by atoms with E-state index >= 15 is 0 Å². The monoisotopic (exact) mass is 254 g/mol. The Balaban J connectivity index is 2.22. The van der Waals surface area contributed by atoms with Crippen LogP contribution in [0.3, 0.4) is 0 Å². The average Bonchev–Trinajstić information content (AvgIpc) is 2.30. The molecule has 17 heavy (non-hydrogen) atoms. The van der Waals surface area contributed by atoms with Crippen molar-refractivity contribution in [1.82, 2.24) is 0 Å². The Kier molecular flexibility index (Phi) is 1.59. The van der Waals surface area contributed by atoms with Crippen molar-refractivity contribution in [3.05, 3.63) is 23.3 Å². The van der Waals surface area contributed by atoms with Gasteiger partial charge >= 0.3 is 0 Å². The van der Waals surface area contributed by atoms with Gasteiger partial charge in [0.2, 0.25) is 11.3 Å². The second kappa shape index (κ2) is 2.42. The van der Waals surface area contributed by atoms with E-state index in [9.17, 15) is 26.3 Å². The van der Waals surface area contributed by atoms with Crippen molar-refractivity contribution < 1.29 is 26.3 Å². The maximum Gasteiger partial charge on any atom is 0.245 e. The molecule has 0 heterocycles. The van der Waals surface area contributed by atoms with E-state index in [2.05, 4.69) is 0 Å². The molecule has 0 aromatic rings. The first kappa shape index (κ1) is 11.2. The number of allylic oxidation sites excluding steroid dienone is 4. The minimum atomic E-state index is -3.81. The molecule has 0 bridgehead atoms. The zero-order chi connectivity index (χ0) is 12.9. The van der Waals surface area contributed by atoms with Crippen LogP contribution in [0.15, 0.2) is 23.3 Å². The molecule has 0 amide bonds. The van der Waals surface area contributed by atoms with E-state index in [-0.39, 0.29) is 0 Å². The van der Waals surface area contributed by atoms with Gasteiger partial charge in [-0.3, -0.25) is 0 Å². The fraction of sp³-hybridized carbons (Fsp3) is 0.636. The van der Waals surface area contributed by atoms with Crippen molar-refractivity contribution in [3.63, 3.8) is 0 Å². The van der Waals surface area contributed by atoms with E-state index in [1.165, 1.54) is 13.0 Å². The van der Waals surface area contributed by atoms with Crippen LogP contribution in [-0.2, 0) is 0 Å². The maximum atomic E-state index is 14.3. The van der Waals surface area contributed by atoms with Crippen LogP contribution in [0.4, 0.5) is 26.3 Å². The van der Waals surface area contributed by atoms with Gasteiger partial charge in [0.15, 0.2) is 23.0 Å². The second-order valence-corrected chi connectivity index (χ2v) is 4.98. The number of hydrogen-bond acceptors (Lipinski definition) is 0. The summed E-state index contributed by atoms with van der Waals surface area (Å²) in [5, 5.41) is 0. The van der Waals surface area contributed by atoms with Gasteiger partial charge in [-0.25, -0.2) is 26.3 Å². The number of fused-ring (bicyclic) bond motifs is 4. The minimum absolute atomic E-state index is 0.292. The molecule has 0 aromatic heterocycles. The van der Waals surface area contributed by atoms with Crippen LogP contribution in [0, 0.1) is 0 Å². The molecule has 3 aliphatic rings. The van der Waals surface area contributed by atoms with Crippen LogP contribution in [0.2, 0.25) is 0 Å². The summed E-state index contributed by atoms with van der Waals surface area (Å²) in [6, 6.07) is 0. The fourth-order valence-electron chi connectivity index (χ4n) is 3.26. The lowest BCUT2D eigenvalue weighted by molar-refractivity contribution is -0.352. The van der Waals surface area contributed by atoms with E-state index < -0.39 is 47.2 Å². The molecular weight excluding hydrogens is 246 g/mol. The van der Waals surface area contributed by atoms with Crippen LogP contribution < -0.4 is 0 Å². The van der Waals surface area contributed by atoms with Gasteiger partial charge in [0, 0.05) is 12.8 Å². The molecule has 0 radical (unpaired) electrons. The first-order valence-corrected chi connectivity index (χ1v) is 5.14. The molecule has 3 aliphatic carbocycles. The predicted molar refractivity (Wildman–Crippen MR) is 47.6 cm³/mol. The Bertz CT molecular complexity index is 496. The lowest BCUT2D eigenvalue weighted by atomic mass is 9.39. The Morgan fingerprint density at radius 3 is 1.94 bits per heavy atom. The zero-order valence-electron chi connectivity index (χ0n) is 8.76. The first-order chi connectivity index (χ1) is 7.67. The van der Waals surface area contributed by atoms with Crippen LogP contribution >= 0.6 is 0 Å². The molecule has 0 aliphatic heterocycles. The van der Waals surface area contributed by atoms with E-state index in [1.807, 2.05) is 0 Å². The Morgan fingerprint density at radius 2 is 1.41 bits per heavy atom. The quantitative estimate of drug-likeness (QED) is 0.456. The highest BCUT2D eigenvalue weighted by atomic mass is 19.2. The third-order valence-electron chi connectivity index (χ3n) is 4.25. The molecule has 1 saturated carbocycles. The Hall–Kier alpha value is -0.940. The molecule has 94 valence electrons. The van der Waals surface area contributed by atoms with Crippen LogP contribution in [0.5, 0.6) is 0 Å². The minimum Gasteiger partial charge on any atom is -0.236 e. The molecular formula is C11H8F6. The van der Waals surface area contributed by atoms with Crippen molar-refractivity contribution in [1.29, 1.82) is 0 Å². The van der Waals surface area contributed by atoms with Crippen molar-refractivity contribution in [2.75, 3.05) is 0 Å². The highest BCUT2D eigenvalue weighted by Gasteiger charge is 3.01. The lowest BCUT2D eigenvalue weighted by Crippen LogP contribution is -2.93. The first-order valence-electron chi connectivity index (χ1n) is 5.14. The molecule has 0 N–H and O–H groups in total. The smallest absolute Gasteiger partial charge is 0.236 e. The van der Waals surface area contributed by atoms with E-state index in [4.69, 9.17) is 0 Å². The lowest BCUT2D eigenvalue weighted by Gasteiger charge is -2.70. The van der Waals surface area contributed by atoms with Gasteiger partial charge in [0.1, 0.15) is 0 Å². The molecule has 4 atom stereocenters. The number of halogens is 6. The summed E-state index contributed by atoms with van der Waals surface area (Å²) in [6.45, 7) is 1.40. The van der Waals surface area contributed by atoms with Gasteiger partial charge in [-0.2, -0.15) is 0 Å². The summed E-state index contributed by atoms with van der Waals surface area (Å²) >= 11 is 0. The topological polar surface area (TPSA) is 0 Å². The number of alkyl halides is 4. The number of hydrogen-bond donors (Lipinski definition) is 0. The van der Waals surface area contributed by atoms with Gasteiger partial charge in [0.25, 0.3) is 0 Å². The van der Waals surface area contributed by atoms with E-state index in [0.717, 1.165) is 0 Å². The highest BCUT2D eigenvalue weighted by Crippen LogP contribution is 2.80. The van der Waals surface area contributed by atoms with E-state index in [1.54, 1.807) is 0 Å². The van der Waals surface area contributed by atoms with Crippen molar-refractivity contribution in [2.24, 2.45) is 0 Å². The molecule has 0 aromatic carbocycles. The van der Waals surface area contributed by atoms with E-state index in [0.29, 0.717) is 5.57 Å². The molecule has 6 heteroatoms. The third-order valence-corrected chi connectivity index (χ3v) is 4.25. The summed E-state index contributed by atoms with van der Waals surface area (Å²) in [4.78, 5) is 0. The highest BCUT2D eigenvalue weighted by molar-refractivity contribution is 5.62. The average molecular weight is 254 g/mol. The zero-order valence-corrected chi connectivity index (χ0v) is 8.76. The van der Waals surface area contributed by atoms with Crippen molar-refractivity contribution in [2.45, 2.75) is 42.4 Å². The van der Waals surface area contributed by atoms with Gasteiger partial charge in [-0.15, -0.1) is 0 Å². The van der Waals surface area contributed by atoms with Crippen LogP contribution in [0.25, 0.3) is 0 Å². The van der Waals surface area contributed by atoms with Gasteiger partial charge in [-0.05, 0) is 6.92 Å². The maximum absolute atomic E-state index is 14.3. The SMILES string of the molecule is CC1=CCC2(F)C(F)(C1)C1(F)C(F)=C(F)C21F. The summed E-state index contributed by atoms with van der Waals surface area (Å²) in [5.41, 5.74) is -14.0. The molecule has 1 fully saturated rings. The normalized spacial score (nSPS) is 56.5. The van der Waals surface area contributed by atoms with Crippen LogP contribution in [-0.4, -0.2) is 22.7 Å². The van der Waals surface area contributed by atoms with Crippen molar-refractivity contribution >= 4 is 0 Å². The second-order valence-electron chi connectivity index (χ2n) is 4.98. The molecule has 0 spiro atoms. The molecule has 0 nitrogen and oxygen atoms in total. The summed E-state index contributed by atoms with van der Waals surface area (Å²) in [7, 11) is 0. The molecule has 4 unspecified atom stereocenters. The Labute approximate surface area is 93.0 Å². The number of rotatable bonds is 0. The van der Waals surface area contributed by atoms with Gasteiger partial charge in [0.05, 0.1) is 0 Å². The largest absolute Gasteiger partial charge is 0.245 e. The molecule has 3 rings (SSSR count). The third kappa shape index (κ3) is 0.667. The predicted octanol–water partition coefficient (Wildman–Crippen LogP) is 3.74. The Morgan fingerprint density at radius 1 is 0.941 bits per heavy atom. The van der Waals surface area contributed by atoms with Gasteiger partial charge < -0.3 is 0 Å². The summed E-state index contributed by atoms with van der Waals surface area (Å²) < 4.78 is 82.3. The fourth-order valence-corrected chi connectivity index (χ4v) is 3.26. The standard InChI is InChI=1S/C11H8F6/c1-5-2-3-8(14)9(15,4-5)11(17)7(13)6(12)10(8,11)16/h2H,3-4H2,1H3. The summed E-state index contributed by atoms with van der Waals surface area (Å²) in [5.74, 6) is -4.30. The van der Waals surface area contributed by atoms with Crippen LogP contribution in [0.1, 0.15) is 19.8 Å². The van der Waals surface area contributed by atoms with Crippen molar-refractivity contribution in [3.8, 4) is 0 Å².